The van der Waals surface area contributed by atoms with E-state index in [0.29, 0.717) is 22.4 Å². The van der Waals surface area contributed by atoms with Gasteiger partial charge in [-0.3, -0.25) is 10.1 Å². The number of benzene rings is 2. The summed E-state index contributed by atoms with van der Waals surface area (Å²) in [5.74, 6) is 0.528. The molecule has 1 N–H and O–H groups in total. The molecule has 1 aliphatic carbocycles. The molecule has 1 aliphatic rings. The molecule has 0 saturated heterocycles. The summed E-state index contributed by atoms with van der Waals surface area (Å²) in [5, 5.41) is 4.79. The van der Waals surface area contributed by atoms with Gasteiger partial charge in [0.15, 0.2) is 0 Å². The van der Waals surface area contributed by atoms with Crippen molar-refractivity contribution in [2.75, 3.05) is 19.0 Å². The lowest BCUT2D eigenvalue weighted by atomic mass is 9.93. The predicted molar refractivity (Wildman–Crippen MR) is 157 cm³/mol. The SMILES string of the molecule is CCOC(=O)C1(c2ccc(-c3ccc(-c4sc(Cl)cc4NC(=O)OC(C)c4cccs4)cc3OC)cc2)CC1. The molecule has 1 amide bonds. The van der Waals surface area contributed by atoms with Gasteiger partial charge in [-0.2, -0.15) is 0 Å². The average Bonchev–Trinajstić information content (AvgIpc) is 3.39. The number of hydrogen-bond acceptors (Lipinski definition) is 7. The summed E-state index contributed by atoms with van der Waals surface area (Å²) in [6.45, 7) is 4.05. The van der Waals surface area contributed by atoms with E-state index in [0.717, 1.165) is 44.8 Å². The number of amides is 1. The number of carbonyl (C=O) groups excluding carboxylic acids is 2. The Morgan fingerprint density at radius 3 is 2.46 bits per heavy atom. The second kappa shape index (κ2) is 11.4. The topological polar surface area (TPSA) is 73.9 Å². The summed E-state index contributed by atoms with van der Waals surface area (Å²) in [6.07, 6.45) is 0.708. The normalized spacial score (nSPS) is 14.4. The lowest BCUT2D eigenvalue weighted by Crippen LogP contribution is -2.23. The van der Waals surface area contributed by atoms with Crippen LogP contribution in [0.5, 0.6) is 5.75 Å². The molecule has 4 aromatic rings. The summed E-state index contributed by atoms with van der Waals surface area (Å²) in [6, 6.07) is 19.5. The van der Waals surface area contributed by atoms with E-state index in [2.05, 4.69) is 5.32 Å². The van der Waals surface area contributed by atoms with Crippen LogP contribution in [-0.4, -0.2) is 25.8 Å². The van der Waals surface area contributed by atoms with Crippen LogP contribution in [0.4, 0.5) is 10.5 Å². The number of nitrogens with one attached hydrogen (secondary N) is 1. The number of thiophene rings is 2. The first kappa shape index (κ1) is 27.2. The smallest absolute Gasteiger partial charge is 0.412 e. The van der Waals surface area contributed by atoms with E-state index in [1.165, 1.54) is 22.7 Å². The van der Waals surface area contributed by atoms with Crippen LogP contribution in [-0.2, 0) is 19.7 Å². The van der Waals surface area contributed by atoms with E-state index in [4.69, 9.17) is 25.8 Å². The van der Waals surface area contributed by atoms with Gasteiger partial charge in [0.25, 0.3) is 0 Å². The number of anilines is 1. The molecular formula is C30H28ClNO5S2. The molecule has 0 aliphatic heterocycles. The lowest BCUT2D eigenvalue weighted by Gasteiger charge is -2.16. The zero-order valence-corrected chi connectivity index (χ0v) is 24.2. The number of rotatable bonds is 9. The Morgan fingerprint density at radius 1 is 1.08 bits per heavy atom. The third kappa shape index (κ3) is 5.69. The third-order valence-corrected chi connectivity index (χ3v) is 9.14. The summed E-state index contributed by atoms with van der Waals surface area (Å²) < 4.78 is 17.1. The lowest BCUT2D eigenvalue weighted by molar-refractivity contribution is -0.146. The quantitative estimate of drug-likeness (QED) is 0.200. The van der Waals surface area contributed by atoms with Crippen molar-refractivity contribution in [2.24, 2.45) is 0 Å². The van der Waals surface area contributed by atoms with E-state index >= 15 is 0 Å². The molecule has 6 nitrogen and oxygen atoms in total. The molecule has 2 aromatic carbocycles. The number of carbonyl (C=O) groups is 2. The molecule has 1 unspecified atom stereocenters. The van der Waals surface area contributed by atoms with Gasteiger partial charge in [0.05, 0.1) is 34.0 Å². The van der Waals surface area contributed by atoms with Gasteiger partial charge in [-0.25, -0.2) is 4.79 Å². The first-order valence-corrected chi connectivity index (χ1v) is 14.7. The predicted octanol–water partition coefficient (Wildman–Crippen LogP) is 8.71. The van der Waals surface area contributed by atoms with Gasteiger partial charge in [0.2, 0.25) is 0 Å². The highest BCUT2D eigenvalue weighted by Gasteiger charge is 2.52. The van der Waals surface area contributed by atoms with E-state index in [1.807, 2.05) is 73.8 Å². The highest BCUT2D eigenvalue weighted by molar-refractivity contribution is 7.20. The molecule has 202 valence electrons. The van der Waals surface area contributed by atoms with Crippen molar-refractivity contribution in [3.63, 3.8) is 0 Å². The highest BCUT2D eigenvalue weighted by atomic mass is 35.5. The molecule has 1 fully saturated rings. The summed E-state index contributed by atoms with van der Waals surface area (Å²) in [5.41, 5.74) is 3.77. The van der Waals surface area contributed by atoms with Gasteiger partial charge in [0.1, 0.15) is 11.9 Å². The third-order valence-electron chi connectivity index (χ3n) is 6.79. The van der Waals surface area contributed by atoms with Gasteiger partial charge < -0.3 is 14.2 Å². The number of esters is 1. The average molecular weight is 582 g/mol. The number of hydrogen-bond donors (Lipinski definition) is 1. The fourth-order valence-corrected chi connectivity index (χ4v) is 6.48. The van der Waals surface area contributed by atoms with Crippen LogP contribution in [0.2, 0.25) is 4.34 Å². The monoisotopic (exact) mass is 581 g/mol. The molecule has 2 heterocycles. The van der Waals surface area contributed by atoms with Crippen molar-refractivity contribution < 1.29 is 23.8 Å². The minimum atomic E-state index is -0.549. The first-order chi connectivity index (χ1) is 18.8. The highest BCUT2D eigenvalue weighted by Crippen LogP contribution is 2.50. The van der Waals surface area contributed by atoms with Crippen LogP contribution < -0.4 is 10.1 Å². The Morgan fingerprint density at radius 2 is 1.82 bits per heavy atom. The van der Waals surface area contributed by atoms with Gasteiger partial charge in [0, 0.05) is 10.4 Å². The zero-order chi connectivity index (χ0) is 27.6. The fourth-order valence-electron chi connectivity index (χ4n) is 4.59. The van der Waals surface area contributed by atoms with Crippen LogP contribution in [0.3, 0.4) is 0 Å². The van der Waals surface area contributed by atoms with Crippen molar-refractivity contribution >= 4 is 52.0 Å². The number of halogens is 1. The minimum Gasteiger partial charge on any atom is -0.496 e. The molecule has 1 atom stereocenters. The summed E-state index contributed by atoms with van der Waals surface area (Å²) >= 11 is 9.25. The molecule has 5 rings (SSSR count). The maximum Gasteiger partial charge on any atom is 0.412 e. The Kier molecular flexibility index (Phi) is 7.98. The van der Waals surface area contributed by atoms with Crippen LogP contribution in [0, 0.1) is 0 Å². The van der Waals surface area contributed by atoms with Gasteiger partial charge >= 0.3 is 12.1 Å². The van der Waals surface area contributed by atoms with Gasteiger partial charge in [-0.05, 0) is 67.0 Å². The van der Waals surface area contributed by atoms with E-state index in [1.54, 1.807) is 13.2 Å². The molecular weight excluding hydrogens is 554 g/mol. The van der Waals surface area contributed by atoms with Crippen molar-refractivity contribution in [2.45, 2.75) is 38.2 Å². The summed E-state index contributed by atoms with van der Waals surface area (Å²) in [4.78, 5) is 26.9. The first-order valence-electron chi connectivity index (χ1n) is 12.6. The largest absolute Gasteiger partial charge is 0.496 e. The molecule has 0 spiro atoms. The Balaban J connectivity index is 1.36. The minimum absolute atomic E-state index is 0.149. The second-order valence-electron chi connectivity index (χ2n) is 9.28. The Bertz CT molecular complexity index is 1480. The van der Waals surface area contributed by atoms with Crippen molar-refractivity contribution in [1.29, 1.82) is 0 Å². The molecule has 39 heavy (non-hydrogen) atoms. The summed E-state index contributed by atoms with van der Waals surface area (Å²) in [7, 11) is 1.63. The second-order valence-corrected chi connectivity index (χ2v) is 11.9. The van der Waals surface area contributed by atoms with E-state index in [-0.39, 0.29) is 12.1 Å². The molecule has 2 aromatic heterocycles. The van der Waals surface area contributed by atoms with E-state index in [9.17, 15) is 9.59 Å². The zero-order valence-electron chi connectivity index (χ0n) is 21.8. The van der Waals surface area contributed by atoms with E-state index < -0.39 is 11.5 Å². The molecule has 9 heteroatoms. The van der Waals surface area contributed by atoms with Crippen LogP contribution >= 0.6 is 34.3 Å². The van der Waals surface area contributed by atoms with Gasteiger partial charge in [-0.15, -0.1) is 22.7 Å². The standard InChI is InChI=1S/C30H28ClNO5S2/c1-4-36-28(33)30(13-14-30)21-10-7-19(8-11-21)22-12-9-20(16-24(22)35-3)27-23(17-26(31)39-27)32-29(34)37-18(2)25-6-5-15-38-25/h5-12,15-18H,4,13-14H2,1-3H3,(H,32,34). The van der Waals surface area contributed by atoms with Crippen molar-refractivity contribution in [3.8, 4) is 27.3 Å². The van der Waals surface area contributed by atoms with Crippen molar-refractivity contribution in [1.82, 2.24) is 0 Å². The Labute approximate surface area is 240 Å². The van der Waals surface area contributed by atoms with Gasteiger partial charge in [-0.1, -0.05) is 54.1 Å². The van der Waals surface area contributed by atoms with Crippen molar-refractivity contribution in [3.05, 3.63) is 80.8 Å². The number of methoxy groups -OCH3 is 1. The fraction of sp³-hybridized carbons (Fsp3) is 0.267. The van der Waals surface area contributed by atoms with Crippen LogP contribution in [0.15, 0.2) is 66.0 Å². The Hall–Kier alpha value is -3.33. The molecule has 0 bridgehead atoms. The molecule has 0 radical (unpaired) electrons. The maximum atomic E-state index is 12.6. The van der Waals surface area contributed by atoms with Crippen LogP contribution in [0.25, 0.3) is 21.6 Å². The number of ether oxygens (including phenoxy) is 3. The van der Waals surface area contributed by atoms with Crippen LogP contribution in [0.1, 0.15) is 43.2 Å². The maximum absolute atomic E-state index is 12.6. The molecule has 1 saturated carbocycles.